The number of furan rings is 1. The molecule has 0 radical (unpaired) electrons. The molecule has 0 saturated heterocycles. The molecule has 1 aromatic heterocycles. The number of nitro benzene ring substituents is 1. The molecule has 31 heavy (non-hydrogen) atoms. The second kappa shape index (κ2) is 7.50. The van der Waals surface area contributed by atoms with Crippen molar-refractivity contribution in [3.05, 3.63) is 81.1 Å². The molecule has 1 fully saturated rings. The normalized spacial score (nSPS) is 16.0. The maximum absolute atomic E-state index is 13.4. The summed E-state index contributed by atoms with van der Waals surface area (Å²) in [6.07, 6.45) is 5.36. The first kappa shape index (κ1) is 19.2. The standard InChI is InChI=1S/C24H20N2O5/c27-21-17-8-4-5-9-18(17)22(28)23-20(21)19(14-10-12-16(13-11-14)26(29)30)24(31-23)25-15-6-2-1-3-7-15/h4-5,8-13,15,25H,1-3,6-7H2. The van der Waals surface area contributed by atoms with Crippen LogP contribution in [-0.2, 0) is 0 Å². The summed E-state index contributed by atoms with van der Waals surface area (Å²) in [7, 11) is 0. The smallest absolute Gasteiger partial charge is 0.269 e. The number of carbonyl (C=O) groups excluding carboxylic acids is 2. The van der Waals surface area contributed by atoms with E-state index in [1.54, 1.807) is 36.4 Å². The van der Waals surface area contributed by atoms with Gasteiger partial charge in [0, 0.05) is 29.3 Å². The highest BCUT2D eigenvalue weighted by atomic mass is 16.6. The minimum absolute atomic E-state index is 0.0235. The fourth-order valence-electron chi connectivity index (χ4n) is 4.50. The summed E-state index contributed by atoms with van der Waals surface area (Å²) in [4.78, 5) is 37.1. The number of nitro groups is 1. The molecule has 1 N–H and O–H groups in total. The molecule has 1 heterocycles. The zero-order chi connectivity index (χ0) is 21.5. The quantitative estimate of drug-likeness (QED) is 0.354. The van der Waals surface area contributed by atoms with Crippen molar-refractivity contribution in [3.8, 4) is 11.1 Å². The number of nitrogens with one attached hydrogen (secondary N) is 1. The van der Waals surface area contributed by atoms with Crippen molar-refractivity contribution in [2.24, 2.45) is 0 Å². The maximum Gasteiger partial charge on any atom is 0.269 e. The Morgan fingerprint density at radius 3 is 2.16 bits per heavy atom. The number of fused-ring (bicyclic) bond motifs is 2. The zero-order valence-corrected chi connectivity index (χ0v) is 16.7. The molecule has 3 aromatic rings. The van der Waals surface area contributed by atoms with Crippen LogP contribution in [0.5, 0.6) is 0 Å². The molecular weight excluding hydrogens is 396 g/mol. The Kier molecular flexibility index (Phi) is 4.66. The van der Waals surface area contributed by atoms with Gasteiger partial charge in [-0.2, -0.15) is 0 Å². The fraction of sp³-hybridized carbons (Fsp3) is 0.250. The summed E-state index contributed by atoms with van der Waals surface area (Å²) in [6, 6.07) is 12.9. The first-order valence-electron chi connectivity index (χ1n) is 10.4. The van der Waals surface area contributed by atoms with Crippen LogP contribution in [0.3, 0.4) is 0 Å². The second-order valence-electron chi connectivity index (χ2n) is 8.00. The van der Waals surface area contributed by atoms with Gasteiger partial charge in [0.2, 0.25) is 11.7 Å². The Bertz CT molecular complexity index is 1200. The molecular formula is C24H20N2O5. The highest BCUT2D eigenvalue weighted by Gasteiger charge is 2.38. The number of hydrogen-bond acceptors (Lipinski definition) is 6. The highest BCUT2D eigenvalue weighted by Crippen LogP contribution is 2.43. The van der Waals surface area contributed by atoms with E-state index in [4.69, 9.17) is 4.42 Å². The van der Waals surface area contributed by atoms with E-state index in [2.05, 4.69) is 5.32 Å². The van der Waals surface area contributed by atoms with Crippen LogP contribution in [-0.4, -0.2) is 22.5 Å². The minimum Gasteiger partial charge on any atom is -0.436 e. The van der Waals surface area contributed by atoms with Gasteiger partial charge in [-0.3, -0.25) is 19.7 Å². The predicted octanol–water partition coefficient (Wildman–Crippen LogP) is 5.37. The molecule has 2 aromatic carbocycles. The van der Waals surface area contributed by atoms with E-state index >= 15 is 0 Å². The van der Waals surface area contributed by atoms with Gasteiger partial charge >= 0.3 is 0 Å². The SMILES string of the molecule is O=C1c2ccccc2C(=O)c2c1oc(NC1CCCCC1)c2-c1ccc([N+](=O)[O-])cc1. The molecule has 0 spiro atoms. The summed E-state index contributed by atoms with van der Waals surface area (Å²) in [5.74, 6) is -0.209. The Morgan fingerprint density at radius 2 is 1.52 bits per heavy atom. The van der Waals surface area contributed by atoms with Crippen molar-refractivity contribution >= 4 is 23.1 Å². The van der Waals surface area contributed by atoms with Crippen LogP contribution in [0, 0.1) is 10.1 Å². The van der Waals surface area contributed by atoms with E-state index in [0.717, 1.165) is 25.7 Å². The summed E-state index contributed by atoms with van der Waals surface area (Å²) in [5, 5.41) is 14.5. The van der Waals surface area contributed by atoms with Crippen LogP contribution < -0.4 is 5.32 Å². The van der Waals surface area contributed by atoms with Gasteiger partial charge < -0.3 is 9.73 Å². The molecule has 5 rings (SSSR count). The van der Waals surface area contributed by atoms with Crippen LogP contribution in [0.4, 0.5) is 11.6 Å². The molecule has 0 bridgehead atoms. The summed E-state index contributed by atoms with van der Waals surface area (Å²) in [5.41, 5.74) is 1.92. The first-order chi connectivity index (χ1) is 15.0. The molecule has 0 amide bonds. The van der Waals surface area contributed by atoms with E-state index in [0.29, 0.717) is 28.1 Å². The highest BCUT2D eigenvalue weighted by molar-refractivity contribution is 6.30. The molecule has 2 aliphatic rings. The molecule has 0 unspecified atom stereocenters. The summed E-state index contributed by atoms with van der Waals surface area (Å²) >= 11 is 0. The number of benzene rings is 2. The number of hydrogen-bond donors (Lipinski definition) is 1. The van der Waals surface area contributed by atoms with E-state index in [-0.39, 0.29) is 34.6 Å². The van der Waals surface area contributed by atoms with Crippen LogP contribution in [0.1, 0.15) is 64.1 Å². The van der Waals surface area contributed by atoms with E-state index in [9.17, 15) is 19.7 Å². The Morgan fingerprint density at radius 1 is 0.871 bits per heavy atom. The third-order valence-corrected chi connectivity index (χ3v) is 6.07. The van der Waals surface area contributed by atoms with Crippen molar-refractivity contribution in [3.63, 3.8) is 0 Å². The molecule has 7 nitrogen and oxygen atoms in total. The van der Waals surface area contributed by atoms with Crippen LogP contribution in [0.2, 0.25) is 0 Å². The van der Waals surface area contributed by atoms with Crippen LogP contribution in [0.25, 0.3) is 11.1 Å². The number of rotatable bonds is 4. The van der Waals surface area contributed by atoms with Gasteiger partial charge in [-0.15, -0.1) is 0 Å². The van der Waals surface area contributed by atoms with Gasteiger partial charge in [0.05, 0.1) is 16.1 Å². The lowest BCUT2D eigenvalue weighted by molar-refractivity contribution is -0.384. The molecule has 0 aliphatic heterocycles. The third-order valence-electron chi connectivity index (χ3n) is 6.07. The van der Waals surface area contributed by atoms with Crippen LogP contribution >= 0.6 is 0 Å². The van der Waals surface area contributed by atoms with Crippen molar-refractivity contribution in [2.75, 3.05) is 5.32 Å². The predicted molar refractivity (Wildman–Crippen MR) is 115 cm³/mol. The van der Waals surface area contributed by atoms with Gasteiger partial charge in [0.1, 0.15) is 0 Å². The number of non-ortho nitro benzene ring substituents is 1. The largest absolute Gasteiger partial charge is 0.436 e. The Labute approximate surface area is 178 Å². The van der Waals surface area contributed by atoms with Crippen LogP contribution in [0.15, 0.2) is 52.9 Å². The summed E-state index contributed by atoms with van der Waals surface area (Å²) < 4.78 is 6.00. The molecule has 156 valence electrons. The van der Waals surface area contributed by atoms with Crippen molar-refractivity contribution in [1.29, 1.82) is 0 Å². The van der Waals surface area contributed by atoms with E-state index < -0.39 is 4.92 Å². The maximum atomic E-state index is 13.4. The lowest BCUT2D eigenvalue weighted by atomic mass is 9.85. The topological polar surface area (TPSA) is 102 Å². The lowest BCUT2D eigenvalue weighted by Crippen LogP contribution is -2.22. The fourth-order valence-corrected chi connectivity index (χ4v) is 4.50. The van der Waals surface area contributed by atoms with Gasteiger partial charge in [-0.05, 0) is 30.5 Å². The molecule has 0 atom stereocenters. The second-order valence-corrected chi connectivity index (χ2v) is 8.00. The van der Waals surface area contributed by atoms with Gasteiger partial charge in [0.25, 0.3) is 5.69 Å². The Hall–Kier alpha value is -3.74. The third kappa shape index (κ3) is 3.22. The van der Waals surface area contributed by atoms with Gasteiger partial charge in [-0.1, -0.05) is 43.5 Å². The lowest BCUT2D eigenvalue weighted by Gasteiger charge is -2.23. The van der Waals surface area contributed by atoms with Crippen molar-refractivity contribution in [2.45, 2.75) is 38.1 Å². The number of ketones is 2. The number of carbonyl (C=O) groups is 2. The number of nitrogens with zero attached hydrogens (tertiary/aromatic N) is 1. The molecule has 2 aliphatic carbocycles. The van der Waals surface area contributed by atoms with Gasteiger partial charge in [0.15, 0.2) is 11.5 Å². The van der Waals surface area contributed by atoms with E-state index in [1.165, 1.54) is 18.6 Å². The van der Waals surface area contributed by atoms with Gasteiger partial charge in [-0.25, -0.2) is 0 Å². The first-order valence-corrected chi connectivity index (χ1v) is 10.4. The number of anilines is 1. The minimum atomic E-state index is -0.471. The van der Waals surface area contributed by atoms with E-state index in [1.807, 2.05) is 0 Å². The average molecular weight is 416 g/mol. The summed E-state index contributed by atoms with van der Waals surface area (Å²) in [6.45, 7) is 0. The average Bonchev–Trinajstić information content (AvgIpc) is 3.17. The molecule has 7 heteroatoms. The van der Waals surface area contributed by atoms with Crippen molar-refractivity contribution in [1.82, 2.24) is 0 Å². The molecule has 1 saturated carbocycles. The van der Waals surface area contributed by atoms with Crippen molar-refractivity contribution < 1.29 is 18.9 Å². The monoisotopic (exact) mass is 416 g/mol. The zero-order valence-electron chi connectivity index (χ0n) is 16.7. The Balaban J connectivity index is 1.67.